The Labute approximate surface area is 120 Å². The van der Waals surface area contributed by atoms with Crippen molar-refractivity contribution in [1.82, 2.24) is 0 Å². The lowest BCUT2D eigenvalue weighted by Gasteiger charge is -2.07. The number of carbonyl (C=O) groups excluding carboxylic acids is 2. The van der Waals surface area contributed by atoms with Gasteiger partial charge in [-0.1, -0.05) is 12.1 Å². The molecule has 1 aromatic heterocycles. The number of ketones is 1. The second-order valence-electron chi connectivity index (χ2n) is 3.87. The molecule has 0 aliphatic rings. The van der Waals surface area contributed by atoms with E-state index in [0.717, 1.165) is 10.6 Å². The highest BCUT2D eigenvalue weighted by molar-refractivity contribution is 7.98. The Morgan fingerprint density at radius 1 is 1.11 bits per heavy atom. The summed E-state index contributed by atoms with van der Waals surface area (Å²) in [5, 5.41) is 2.87. The Balaban J connectivity index is 2.18. The molecular formula is C14H13NO2S2. The van der Waals surface area contributed by atoms with Crippen LogP contribution in [-0.2, 0) is 0 Å². The summed E-state index contributed by atoms with van der Waals surface area (Å²) in [6, 6.07) is 11.0. The Kier molecular flexibility index (Phi) is 4.39. The highest BCUT2D eigenvalue weighted by atomic mass is 32.2. The van der Waals surface area contributed by atoms with Gasteiger partial charge in [0.2, 0.25) is 0 Å². The van der Waals surface area contributed by atoms with Crippen LogP contribution in [0.4, 0.5) is 5.69 Å². The van der Waals surface area contributed by atoms with Crippen molar-refractivity contribution in [2.24, 2.45) is 0 Å². The predicted octanol–water partition coefficient (Wildman–Crippen LogP) is 3.92. The molecule has 1 aromatic carbocycles. The second kappa shape index (κ2) is 6.04. The molecule has 1 amide bonds. The molecule has 2 rings (SSSR count). The Hall–Kier alpha value is -1.59. The number of thiophene rings is 1. The van der Waals surface area contributed by atoms with E-state index >= 15 is 0 Å². The van der Waals surface area contributed by atoms with Crippen molar-refractivity contribution >= 4 is 40.5 Å². The SMILES string of the molecule is CSc1ccccc1NC(=O)c1ccc(C(C)=O)s1. The molecule has 0 fully saturated rings. The van der Waals surface area contributed by atoms with E-state index < -0.39 is 0 Å². The van der Waals surface area contributed by atoms with E-state index in [4.69, 9.17) is 0 Å². The fourth-order valence-corrected chi connectivity index (χ4v) is 2.93. The molecule has 3 nitrogen and oxygen atoms in total. The van der Waals surface area contributed by atoms with Gasteiger partial charge < -0.3 is 5.32 Å². The number of amides is 1. The summed E-state index contributed by atoms with van der Waals surface area (Å²) in [6.07, 6.45) is 1.96. The van der Waals surface area contributed by atoms with Gasteiger partial charge in [0.15, 0.2) is 5.78 Å². The summed E-state index contributed by atoms with van der Waals surface area (Å²) >= 11 is 2.79. The minimum Gasteiger partial charge on any atom is -0.320 e. The smallest absolute Gasteiger partial charge is 0.265 e. The van der Waals surface area contributed by atoms with Crippen LogP contribution in [0.2, 0.25) is 0 Å². The number of Topliss-reactive ketones (excluding diaryl/α,β-unsaturated/α-hetero) is 1. The van der Waals surface area contributed by atoms with Crippen LogP contribution in [0.5, 0.6) is 0 Å². The average molecular weight is 291 g/mol. The molecular weight excluding hydrogens is 278 g/mol. The summed E-state index contributed by atoms with van der Waals surface area (Å²) < 4.78 is 0. The van der Waals surface area contributed by atoms with Gasteiger partial charge in [0, 0.05) is 4.90 Å². The molecule has 98 valence electrons. The van der Waals surface area contributed by atoms with Crippen LogP contribution in [0, 0.1) is 0 Å². The van der Waals surface area contributed by atoms with E-state index in [0.29, 0.717) is 9.75 Å². The van der Waals surface area contributed by atoms with Gasteiger partial charge in [0.25, 0.3) is 5.91 Å². The van der Waals surface area contributed by atoms with Crippen molar-refractivity contribution in [3.8, 4) is 0 Å². The zero-order valence-electron chi connectivity index (χ0n) is 10.6. The molecule has 2 aromatic rings. The average Bonchev–Trinajstić information content (AvgIpc) is 2.89. The van der Waals surface area contributed by atoms with E-state index in [1.165, 1.54) is 18.3 Å². The minimum absolute atomic E-state index is 0.0198. The minimum atomic E-state index is -0.181. The largest absolute Gasteiger partial charge is 0.320 e. The molecule has 19 heavy (non-hydrogen) atoms. The quantitative estimate of drug-likeness (QED) is 0.686. The predicted molar refractivity (Wildman–Crippen MR) is 80.5 cm³/mol. The number of hydrogen-bond acceptors (Lipinski definition) is 4. The molecule has 1 heterocycles. The molecule has 0 unspecified atom stereocenters. The van der Waals surface area contributed by atoms with Crippen molar-refractivity contribution < 1.29 is 9.59 Å². The summed E-state index contributed by atoms with van der Waals surface area (Å²) in [4.78, 5) is 25.5. The molecule has 0 radical (unpaired) electrons. The zero-order chi connectivity index (χ0) is 13.8. The third-order valence-electron chi connectivity index (χ3n) is 2.53. The normalized spacial score (nSPS) is 10.2. The van der Waals surface area contributed by atoms with Crippen LogP contribution in [-0.4, -0.2) is 17.9 Å². The standard InChI is InChI=1S/C14H13NO2S2/c1-9(16)11-7-8-13(19-11)14(17)15-10-5-3-4-6-12(10)18-2/h3-8H,1-2H3,(H,15,17). The first-order valence-electron chi connectivity index (χ1n) is 5.67. The number of rotatable bonds is 4. The molecule has 0 bridgehead atoms. The van der Waals surface area contributed by atoms with E-state index in [1.807, 2.05) is 30.5 Å². The molecule has 0 aliphatic heterocycles. The zero-order valence-corrected chi connectivity index (χ0v) is 12.2. The van der Waals surface area contributed by atoms with Crippen molar-refractivity contribution in [3.05, 3.63) is 46.2 Å². The van der Waals surface area contributed by atoms with Crippen LogP contribution in [0.25, 0.3) is 0 Å². The molecule has 0 aliphatic carbocycles. The van der Waals surface area contributed by atoms with Crippen LogP contribution < -0.4 is 5.32 Å². The number of para-hydroxylation sites is 1. The monoisotopic (exact) mass is 291 g/mol. The van der Waals surface area contributed by atoms with E-state index in [9.17, 15) is 9.59 Å². The van der Waals surface area contributed by atoms with Gasteiger partial charge >= 0.3 is 0 Å². The highest BCUT2D eigenvalue weighted by Crippen LogP contribution is 2.26. The fourth-order valence-electron chi connectivity index (χ4n) is 1.58. The van der Waals surface area contributed by atoms with Crippen LogP contribution in [0.1, 0.15) is 26.3 Å². The fraction of sp³-hybridized carbons (Fsp3) is 0.143. The van der Waals surface area contributed by atoms with Crippen LogP contribution >= 0.6 is 23.1 Å². The summed E-state index contributed by atoms with van der Waals surface area (Å²) in [5.41, 5.74) is 0.790. The highest BCUT2D eigenvalue weighted by Gasteiger charge is 2.12. The lowest BCUT2D eigenvalue weighted by molar-refractivity contribution is 0.101. The molecule has 0 atom stereocenters. The van der Waals surface area contributed by atoms with Gasteiger partial charge in [-0.2, -0.15) is 0 Å². The van der Waals surface area contributed by atoms with Crippen LogP contribution in [0.15, 0.2) is 41.3 Å². The maximum atomic E-state index is 12.1. The third kappa shape index (κ3) is 3.24. The summed E-state index contributed by atoms with van der Waals surface area (Å²) in [7, 11) is 0. The van der Waals surface area contributed by atoms with Gasteiger partial charge in [-0.3, -0.25) is 9.59 Å². The number of carbonyl (C=O) groups is 2. The number of benzene rings is 1. The molecule has 1 N–H and O–H groups in total. The maximum Gasteiger partial charge on any atom is 0.265 e. The Morgan fingerprint density at radius 3 is 2.42 bits per heavy atom. The molecule has 0 saturated heterocycles. The van der Waals surface area contributed by atoms with Crippen LogP contribution in [0.3, 0.4) is 0 Å². The third-order valence-corrected chi connectivity index (χ3v) is 4.51. The van der Waals surface area contributed by atoms with Gasteiger partial charge in [-0.05, 0) is 37.4 Å². The first kappa shape index (κ1) is 13.8. The number of thioether (sulfide) groups is 1. The molecule has 0 saturated carbocycles. The maximum absolute atomic E-state index is 12.1. The Bertz CT molecular complexity index is 619. The first-order valence-corrected chi connectivity index (χ1v) is 7.71. The van der Waals surface area contributed by atoms with Crippen molar-refractivity contribution in [2.75, 3.05) is 11.6 Å². The van der Waals surface area contributed by atoms with Crippen molar-refractivity contribution in [3.63, 3.8) is 0 Å². The van der Waals surface area contributed by atoms with Crippen molar-refractivity contribution in [1.29, 1.82) is 0 Å². The second-order valence-corrected chi connectivity index (χ2v) is 5.81. The topological polar surface area (TPSA) is 46.2 Å². The molecule has 5 heteroatoms. The van der Waals surface area contributed by atoms with E-state index in [2.05, 4.69) is 5.32 Å². The number of anilines is 1. The number of nitrogens with one attached hydrogen (secondary N) is 1. The summed E-state index contributed by atoms with van der Waals surface area (Å²) in [6.45, 7) is 1.50. The van der Waals surface area contributed by atoms with Gasteiger partial charge in [0.05, 0.1) is 15.4 Å². The van der Waals surface area contributed by atoms with Gasteiger partial charge in [-0.25, -0.2) is 0 Å². The lowest BCUT2D eigenvalue weighted by Crippen LogP contribution is -2.10. The summed E-state index contributed by atoms with van der Waals surface area (Å²) in [5.74, 6) is -0.201. The van der Waals surface area contributed by atoms with Gasteiger partial charge in [0.1, 0.15) is 0 Å². The van der Waals surface area contributed by atoms with Crippen molar-refractivity contribution in [2.45, 2.75) is 11.8 Å². The van der Waals surface area contributed by atoms with E-state index in [1.54, 1.807) is 23.9 Å². The van der Waals surface area contributed by atoms with E-state index in [-0.39, 0.29) is 11.7 Å². The first-order chi connectivity index (χ1) is 9.11. The van der Waals surface area contributed by atoms with Gasteiger partial charge in [-0.15, -0.1) is 23.1 Å². The lowest BCUT2D eigenvalue weighted by atomic mass is 10.3. The Morgan fingerprint density at radius 2 is 1.79 bits per heavy atom. The molecule has 0 spiro atoms. The number of hydrogen-bond donors (Lipinski definition) is 1.